The van der Waals surface area contributed by atoms with Gasteiger partial charge < -0.3 is 10.2 Å². The predicted molar refractivity (Wildman–Crippen MR) is 78.7 cm³/mol. The molecule has 1 aromatic carbocycles. The Kier molecular flexibility index (Phi) is 2.69. The van der Waals surface area contributed by atoms with Crippen molar-refractivity contribution in [2.75, 3.05) is 0 Å². The molecule has 1 aromatic rings. The van der Waals surface area contributed by atoms with Crippen molar-refractivity contribution in [2.45, 2.75) is 57.5 Å². The van der Waals surface area contributed by atoms with Crippen LogP contribution in [0.3, 0.4) is 0 Å². The zero-order chi connectivity index (χ0) is 13.9. The largest absolute Gasteiger partial charge is 0.508 e. The Morgan fingerprint density at radius 1 is 1.25 bits per heavy atom. The van der Waals surface area contributed by atoms with Crippen LogP contribution in [0.4, 0.5) is 0 Å². The zero-order valence-electron chi connectivity index (χ0n) is 12.2. The summed E-state index contributed by atoms with van der Waals surface area (Å²) in [6, 6.07) is 5.96. The number of phenolic OH excluding ortho intramolecular Hbond substituents is 1. The molecule has 4 rings (SSSR count). The lowest BCUT2D eigenvalue weighted by Crippen LogP contribution is -2.39. The van der Waals surface area contributed by atoms with Gasteiger partial charge in [0.1, 0.15) is 5.75 Å². The van der Waals surface area contributed by atoms with E-state index in [-0.39, 0.29) is 6.10 Å². The molecule has 2 nitrogen and oxygen atoms in total. The number of aliphatic hydroxyl groups is 1. The molecule has 0 aliphatic heterocycles. The van der Waals surface area contributed by atoms with Crippen molar-refractivity contribution in [3.05, 3.63) is 29.3 Å². The highest BCUT2D eigenvalue weighted by Crippen LogP contribution is 2.60. The first kappa shape index (κ1) is 12.7. The van der Waals surface area contributed by atoms with Crippen LogP contribution in [0.5, 0.6) is 5.75 Å². The second kappa shape index (κ2) is 4.24. The molecule has 0 spiro atoms. The topological polar surface area (TPSA) is 40.5 Å². The van der Waals surface area contributed by atoms with E-state index in [4.69, 9.17) is 0 Å². The van der Waals surface area contributed by atoms with E-state index < -0.39 is 0 Å². The molecule has 2 heteroatoms. The number of aryl methyl sites for hydroxylation is 1. The standard InChI is InChI=1S/C18H24O2/c1-18-7-6-15-14-5-3-12(19)8-11(14)2-4-16(15)17(18)9-13(20)10-18/h3,5,8,13,15-17,19-20H,2,4,6-7,9-10H2,1H3/t13-,15?,16?,17?,18?/m0/s1. The van der Waals surface area contributed by atoms with Crippen molar-refractivity contribution in [3.63, 3.8) is 0 Å². The Morgan fingerprint density at radius 2 is 2.10 bits per heavy atom. The molecule has 20 heavy (non-hydrogen) atoms. The molecule has 0 bridgehead atoms. The van der Waals surface area contributed by atoms with Crippen LogP contribution in [0.2, 0.25) is 0 Å². The van der Waals surface area contributed by atoms with Crippen LogP contribution in [-0.2, 0) is 6.42 Å². The summed E-state index contributed by atoms with van der Waals surface area (Å²) in [5.74, 6) is 2.49. The quantitative estimate of drug-likeness (QED) is 0.757. The third-order valence-corrected chi connectivity index (χ3v) is 6.46. The Labute approximate surface area is 120 Å². The Morgan fingerprint density at radius 3 is 2.95 bits per heavy atom. The highest BCUT2D eigenvalue weighted by atomic mass is 16.3. The van der Waals surface area contributed by atoms with Gasteiger partial charge in [-0.15, -0.1) is 0 Å². The number of rotatable bonds is 0. The molecular formula is C18H24O2. The van der Waals surface area contributed by atoms with Crippen molar-refractivity contribution in [1.29, 1.82) is 0 Å². The minimum atomic E-state index is -0.0787. The summed E-state index contributed by atoms with van der Waals surface area (Å²) in [5.41, 5.74) is 3.20. The van der Waals surface area contributed by atoms with E-state index in [1.54, 1.807) is 0 Å². The Hall–Kier alpha value is -1.02. The van der Waals surface area contributed by atoms with Crippen molar-refractivity contribution < 1.29 is 10.2 Å². The van der Waals surface area contributed by atoms with Gasteiger partial charge in [-0.1, -0.05) is 13.0 Å². The van der Waals surface area contributed by atoms with Crippen molar-refractivity contribution in [2.24, 2.45) is 17.3 Å². The Balaban J connectivity index is 1.70. The van der Waals surface area contributed by atoms with Crippen LogP contribution in [0.1, 0.15) is 56.1 Å². The van der Waals surface area contributed by atoms with E-state index in [9.17, 15) is 10.2 Å². The lowest BCUT2D eigenvalue weighted by atomic mass is 9.56. The fraction of sp³-hybridized carbons (Fsp3) is 0.667. The highest BCUT2D eigenvalue weighted by molar-refractivity contribution is 5.40. The van der Waals surface area contributed by atoms with E-state index in [1.165, 1.54) is 30.4 Å². The molecule has 4 unspecified atom stereocenters. The van der Waals surface area contributed by atoms with Gasteiger partial charge in [0.2, 0.25) is 0 Å². The lowest BCUT2D eigenvalue weighted by Gasteiger charge is -2.49. The van der Waals surface area contributed by atoms with Gasteiger partial charge in [0, 0.05) is 0 Å². The third kappa shape index (κ3) is 1.74. The first-order chi connectivity index (χ1) is 9.57. The zero-order valence-corrected chi connectivity index (χ0v) is 12.2. The first-order valence-corrected chi connectivity index (χ1v) is 8.07. The molecule has 108 valence electrons. The summed E-state index contributed by atoms with van der Waals surface area (Å²) in [5, 5.41) is 19.8. The fourth-order valence-corrected chi connectivity index (χ4v) is 5.59. The average molecular weight is 272 g/mol. The number of hydrogen-bond donors (Lipinski definition) is 2. The Bertz CT molecular complexity index is 538. The third-order valence-electron chi connectivity index (χ3n) is 6.46. The summed E-state index contributed by atoms with van der Waals surface area (Å²) >= 11 is 0. The van der Waals surface area contributed by atoms with Gasteiger partial charge >= 0.3 is 0 Å². The minimum Gasteiger partial charge on any atom is -0.508 e. The van der Waals surface area contributed by atoms with Gasteiger partial charge in [0.25, 0.3) is 0 Å². The number of hydrogen-bond acceptors (Lipinski definition) is 2. The smallest absolute Gasteiger partial charge is 0.115 e. The van der Waals surface area contributed by atoms with Crippen LogP contribution >= 0.6 is 0 Å². The van der Waals surface area contributed by atoms with Gasteiger partial charge in [-0.3, -0.25) is 0 Å². The van der Waals surface area contributed by atoms with Crippen LogP contribution < -0.4 is 0 Å². The highest BCUT2D eigenvalue weighted by Gasteiger charge is 2.52. The normalized spacial score (nSPS) is 42.7. The van der Waals surface area contributed by atoms with E-state index in [2.05, 4.69) is 13.0 Å². The molecular weight excluding hydrogens is 248 g/mol. The summed E-state index contributed by atoms with van der Waals surface area (Å²) < 4.78 is 0. The molecule has 0 saturated heterocycles. The number of benzene rings is 1. The molecule has 0 radical (unpaired) electrons. The number of aliphatic hydroxyl groups excluding tert-OH is 1. The number of aromatic hydroxyl groups is 1. The van der Waals surface area contributed by atoms with E-state index in [0.717, 1.165) is 25.2 Å². The molecule has 3 aliphatic rings. The second-order valence-corrected chi connectivity index (χ2v) is 7.58. The van der Waals surface area contributed by atoms with E-state index in [1.807, 2.05) is 12.1 Å². The molecule has 5 atom stereocenters. The maximum atomic E-state index is 10.1. The summed E-state index contributed by atoms with van der Waals surface area (Å²) in [6.45, 7) is 2.40. The maximum absolute atomic E-state index is 10.1. The van der Waals surface area contributed by atoms with Crippen molar-refractivity contribution in [1.82, 2.24) is 0 Å². The second-order valence-electron chi connectivity index (χ2n) is 7.58. The molecule has 2 saturated carbocycles. The van der Waals surface area contributed by atoms with Gasteiger partial charge in [0.15, 0.2) is 0 Å². The van der Waals surface area contributed by atoms with Crippen LogP contribution in [0.15, 0.2) is 18.2 Å². The van der Waals surface area contributed by atoms with Gasteiger partial charge in [-0.2, -0.15) is 0 Å². The predicted octanol–water partition coefficient (Wildman–Crippen LogP) is 3.61. The van der Waals surface area contributed by atoms with Gasteiger partial charge in [-0.05, 0) is 85.0 Å². The SMILES string of the molecule is CC12CCC3c4ccc(O)cc4CCC3C1C[C@H](O)C2. The van der Waals surface area contributed by atoms with E-state index in [0.29, 0.717) is 23.0 Å². The first-order valence-electron chi connectivity index (χ1n) is 8.07. The summed E-state index contributed by atoms with van der Waals surface area (Å²) in [7, 11) is 0. The molecule has 0 amide bonds. The monoisotopic (exact) mass is 272 g/mol. The minimum absolute atomic E-state index is 0.0787. The fourth-order valence-electron chi connectivity index (χ4n) is 5.59. The van der Waals surface area contributed by atoms with Crippen LogP contribution in [0, 0.1) is 17.3 Å². The molecule has 3 aliphatic carbocycles. The number of phenols is 1. The van der Waals surface area contributed by atoms with Gasteiger partial charge in [-0.25, -0.2) is 0 Å². The van der Waals surface area contributed by atoms with Crippen molar-refractivity contribution in [3.8, 4) is 5.75 Å². The van der Waals surface area contributed by atoms with Crippen LogP contribution in [-0.4, -0.2) is 16.3 Å². The summed E-state index contributed by atoms with van der Waals surface area (Å²) in [6.07, 6.45) is 6.75. The average Bonchev–Trinajstić information content (AvgIpc) is 2.72. The van der Waals surface area contributed by atoms with Gasteiger partial charge in [0.05, 0.1) is 6.10 Å². The summed E-state index contributed by atoms with van der Waals surface area (Å²) in [4.78, 5) is 0. The molecule has 0 heterocycles. The molecule has 0 aromatic heterocycles. The maximum Gasteiger partial charge on any atom is 0.115 e. The molecule has 2 N–H and O–H groups in total. The number of fused-ring (bicyclic) bond motifs is 5. The van der Waals surface area contributed by atoms with Crippen molar-refractivity contribution >= 4 is 0 Å². The lowest BCUT2D eigenvalue weighted by molar-refractivity contribution is 0.0596. The van der Waals surface area contributed by atoms with Crippen LogP contribution in [0.25, 0.3) is 0 Å². The van der Waals surface area contributed by atoms with E-state index >= 15 is 0 Å². The molecule has 2 fully saturated rings.